The molecular weight excluding hydrogens is 546 g/mol. The molecule has 2 N–H and O–H groups in total. The second kappa shape index (κ2) is 5.45. The van der Waals surface area contributed by atoms with E-state index in [1.54, 1.807) is 0 Å². The van der Waals surface area contributed by atoms with Crippen molar-refractivity contribution in [3.05, 3.63) is 41.4 Å². The second-order valence-corrected chi connectivity index (χ2v) is 7.81. The zero-order chi connectivity index (χ0) is 14.4. The Labute approximate surface area is 151 Å². The molecular formula is C14H9BrI2N2O. The number of nitrogens with one attached hydrogen (secondary N) is 1. The summed E-state index contributed by atoms with van der Waals surface area (Å²) in [5.74, 6) is 0.955. The minimum absolute atomic E-state index is 0.266. The first kappa shape index (κ1) is 14.6. The highest BCUT2D eigenvalue weighted by molar-refractivity contribution is 14.1. The van der Waals surface area contributed by atoms with Gasteiger partial charge in [0.15, 0.2) is 0 Å². The van der Waals surface area contributed by atoms with Crippen LogP contribution in [0.4, 0.5) is 0 Å². The van der Waals surface area contributed by atoms with Crippen LogP contribution in [0.5, 0.6) is 5.75 Å². The average molecular weight is 555 g/mol. The van der Waals surface area contributed by atoms with Crippen molar-refractivity contribution in [1.82, 2.24) is 9.97 Å². The normalized spacial score (nSPS) is 11.2. The molecule has 0 saturated carbocycles. The van der Waals surface area contributed by atoms with Crippen LogP contribution < -0.4 is 0 Å². The predicted octanol–water partition coefficient (Wildman–Crippen LogP) is 5.22. The monoisotopic (exact) mass is 554 g/mol. The number of rotatable bonds is 1. The van der Waals surface area contributed by atoms with Crippen LogP contribution in [0.3, 0.4) is 0 Å². The molecule has 3 rings (SSSR count). The highest BCUT2D eigenvalue weighted by Crippen LogP contribution is 2.35. The lowest BCUT2D eigenvalue weighted by Gasteiger charge is -2.04. The van der Waals surface area contributed by atoms with Crippen molar-refractivity contribution >= 4 is 72.1 Å². The molecule has 20 heavy (non-hydrogen) atoms. The van der Waals surface area contributed by atoms with E-state index < -0.39 is 0 Å². The lowest BCUT2D eigenvalue weighted by Crippen LogP contribution is -1.86. The van der Waals surface area contributed by atoms with E-state index in [1.807, 2.05) is 31.2 Å². The maximum atomic E-state index is 10.2. The summed E-state index contributed by atoms with van der Waals surface area (Å²) >= 11 is 7.86. The number of imidazole rings is 1. The van der Waals surface area contributed by atoms with Crippen LogP contribution in [-0.4, -0.2) is 15.1 Å². The van der Waals surface area contributed by atoms with Crippen LogP contribution in [0.1, 0.15) is 5.56 Å². The Morgan fingerprint density at radius 1 is 1.20 bits per heavy atom. The maximum absolute atomic E-state index is 10.2. The number of phenolic OH excluding ortho intramolecular Hbond substituents is 1. The van der Waals surface area contributed by atoms with Crippen LogP contribution in [0.2, 0.25) is 0 Å². The van der Waals surface area contributed by atoms with Crippen LogP contribution in [-0.2, 0) is 0 Å². The molecule has 0 spiro atoms. The fourth-order valence-corrected chi connectivity index (χ4v) is 4.54. The topological polar surface area (TPSA) is 48.9 Å². The molecule has 0 atom stereocenters. The summed E-state index contributed by atoms with van der Waals surface area (Å²) in [5, 5.41) is 10.2. The van der Waals surface area contributed by atoms with Crippen LogP contribution >= 0.6 is 61.1 Å². The van der Waals surface area contributed by atoms with E-state index in [0.29, 0.717) is 5.82 Å². The highest BCUT2D eigenvalue weighted by atomic mass is 127. The molecule has 0 aliphatic heterocycles. The fraction of sp³-hybridized carbons (Fsp3) is 0.0714. The molecule has 3 nitrogen and oxygen atoms in total. The van der Waals surface area contributed by atoms with Gasteiger partial charge >= 0.3 is 0 Å². The van der Waals surface area contributed by atoms with Gasteiger partial charge in [0.2, 0.25) is 0 Å². The number of hydrogen-bond donors (Lipinski definition) is 2. The molecule has 1 heterocycles. The van der Waals surface area contributed by atoms with Gasteiger partial charge in [0.25, 0.3) is 0 Å². The molecule has 0 radical (unpaired) electrons. The van der Waals surface area contributed by atoms with Crippen LogP contribution in [0.15, 0.2) is 28.7 Å². The molecule has 6 heteroatoms. The van der Waals surface area contributed by atoms with E-state index in [4.69, 9.17) is 0 Å². The smallest absolute Gasteiger partial charge is 0.142 e. The molecule has 1 aromatic heterocycles. The summed E-state index contributed by atoms with van der Waals surface area (Å²) in [6.07, 6.45) is 0. The van der Waals surface area contributed by atoms with Crippen LogP contribution in [0.25, 0.3) is 22.4 Å². The van der Waals surface area contributed by atoms with E-state index in [1.165, 1.54) is 0 Å². The molecule has 2 aromatic carbocycles. The van der Waals surface area contributed by atoms with Gasteiger partial charge < -0.3 is 10.1 Å². The zero-order valence-electron chi connectivity index (χ0n) is 10.3. The van der Waals surface area contributed by atoms with Crippen LogP contribution in [0, 0.1) is 14.1 Å². The number of nitrogens with zero attached hydrogens (tertiary/aromatic N) is 1. The van der Waals surface area contributed by atoms with Crippen molar-refractivity contribution in [2.24, 2.45) is 0 Å². The van der Waals surface area contributed by atoms with Gasteiger partial charge in [-0.25, -0.2) is 4.98 Å². The standard InChI is InChI=1S/C14H9BrI2N2O/c1-6-2-7(15)3-11-12(6)19-14(18-11)9-4-8(16)5-10(17)13(9)20/h2-5,20H,1H3,(H,18,19). The highest BCUT2D eigenvalue weighted by Gasteiger charge is 2.14. The van der Waals surface area contributed by atoms with Crippen molar-refractivity contribution in [3.63, 3.8) is 0 Å². The minimum Gasteiger partial charge on any atom is -0.506 e. The third-order valence-electron chi connectivity index (χ3n) is 3.03. The van der Waals surface area contributed by atoms with E-state index in [9.17, 15) is 5.11 Å². The zero-order valence-corrected chi connectivity index (χ0v) is 16.2. The van der Waals surface area contributed by atoms with Crippen molar-refractivity contribution < 1.29 is 5.11 Å². The number of phenols is 1. The molecule has 0 fully saturated rings. The molecule has 0 bridgehead atoms. The number of aromatic nitrogens is 2. The number of halogens is 3. The maximum Gasteiger partial charge on any atom is 0.142 e. The van der Waals surface area contributed by atoms with E-state index in [-0.39, 0.29) is 5.75 Å². The molecule has 3 aromatic rings. The van der Waals surface area contributed by atoms with Crippen molar-refractivity contribution in [3.8, 4) is 17.1 Å². The summed E-state index contributed by atoms with van der Waals surface area (Å²) < 4.78 is 2.90. The summed E-state index contributed by atoms with van der Waals surface area (Å²) in [6.45, 7) is 2.02. The Hall–Kier alpha value is -0.350. The number of aryl methyl sites for hydroxylation is 1. The number of aromatic amines is 1. The molecule has 0 unspecified atom stereocenters. The summed E-state index contributed by atoms with van der Waals surface area (Å²) in [7, 11) is 0. The van der Waals surface area contributed by atoms with E-state index >= 15 is 0 Å². The van der Waals surface area contributed by atoms with Gasteiger partial charge in [-0.3, -0.25) is 0 Å². The number of benzene rings is 2. The number of fused-ring (bicyclic) bond motifs is 1. The summed E-state index contributed by atoms with van der Waals surface area (Å²) in [4.78, 5) is 7.90. The number of hydrogen-bond acceptors (Lipinski definition) is 2. The molecule has 102 valence electrons. The van der Waals surface area contributed by atoms with Gasteiger partial charge in [-0.1, -0.05) is 15.9 Å². The SMILES string of the molecule is Cc1cc(Br)cc2[nH]c(-c3cc(I)cc(I)c3O)nc12. The first-order valence-electron chi connectivity index (χ1n) is 5.80. The quantitative estimate of drug-likeness (QED) is 0.406. The summed E-state index contributed by atoms with van der Waals surface area (Å²) in [5.41, 5.74) is 3.71. The number of aromatic hydroxyl groups is 1. The largest absolute Gasteiger partial charge is 0.506 e. The third kappa shape index (κ3) is 2.57. The molecule has 0 amide bonds. The van der Waals surface area contributed by atoms with E-state index in [0.717, 1.165) is 33.8 Å². The second-order valence-electron chi connectivity index (χ2n) is 4.49. The number of H-pyrrole nitrogens is 1. The molecule has 0 saturated heterocycles. The predicted molar refractivity (Wildman–Crippen MR) is 101 cm³/mol. The van der Waals surface area contributed by atoms with Gasteiger partial charge in [0.05, 0.1) is 20.2 Å². The molecule has 0 aliphatic carbocycles. The lowest BCUT2D eigenvalue weighted by molar-refractivity contribution is 0.473. The molecule has 0 aliphatic rings. The van der Waals surface area contributed by atoms with Crippen molar-refractivity contribution in [2.45, 2.75) is 6.92 Å². The Kier molecular flexibility index (Phi) is 3.97. The van der Waals surface area contributed by atoms with Gasteiger partial charge in [-0.2, -0.15) is 0 Å². The Balaban J connectivity index is 2.28. The first-order chi connectivity index (χ1) is 9.45. The Morgan fingerprint density at radius 3 is 2.70 bits per heavy atom. The lowest BCUT2D eigenvalue weighted by atomic mass is 10.2. The van der Waals surface area contributed by atoms with Crippen molar-refractivity contribution in [2.75, 3.05) is 0 Å². The Bertz CT molecular complexity index is 830. The van der Waals surface area contributed by atoms with E-state index in [2.05, 4.69) is 71.1 Å². The van der Waals surface area contributed by atoms with Gasteiger partial charge in [0, 0.05) is 8.04 Å². The van der Waals surface area contributed by atoms with Gasteiger partial charge in [-0.15, -0.1) is 0 Å². The van der Waals surface area contributed by atoms with Crippen molar-refractivity contribution in [1.29, 1.82) is 0 Å². The fourth-order valence-electron chi connectivity index (χ4n) is 2.12. The average Bonchev–Trinajstić information content (AvgIpc) is 2.77. The Morgan fingerprint density at radius 2 is 1.95 bits per heavy atom. The summed E-state index contributed by atoms with van der Waals surface area (Å²) in [6, 6.07) is 7.89. The van der Waals surface area contributed by atoms with Gasteiger partial charge in [0.1, 0.15) is 11.6 Å². The van der Waals surface area contributed by atoms with Gasteiger partial charge in [-0.05, 0) is 81.9 Å². The third-order valence-corrected chi connectivity index (χ3v) is 4.93. The first-order valence-corrected chi connectivity index (χ1v) is 8.75. The minimum atomic E-state index is 0.266.